The first-order valence-electron chi connectivity index (χ1n) is 6.68. The fourth-order valence-corrected chi connectivity index (χ4v) is 2.38. The molecule has 0 aliphatic rings. The van der Waals surface area contributed by atoms with Crippen molar-refractivity contribution in [1.29, 1.82) is 0 Å². The van der Waals surface area contributed by atoms with Crippen LogP contribution in [-0.4, -0.2) is 16.7 Å². The van der Waals surface area contributed by atoms with Crippen molar-refractivity contribution < 1.29 is 9.59 Å². The summed E-state index contributed by atoms with van der Waals surface area (Å²) >= 11 is 2.12. The molecular weight excluding hydrogens is 314 g/mol. The van der Waals surface area contributed by atoms with E-state index in [1.54, 1.807) is 18.2 Å². The van der Waals surface area contributed by atoms with Gasteiger partial charge < -0.3 is 0 Å². The van der Waals surface area contributed by atoms with Crippen molar-refractivity contribution in [3.63, 3.8) is 0 Å². The zero-order valence-electron chi connectivity index (χ0n) is 12.6. The van der Waals surface area contributed by atoms with Crippen LogP contribution in [-0.2, 0) is 4.79 Å². The Hall–Kier alpha value is -1.56. The number of nitrogens with two attached hydrogens (primary N) is 1. The Morgan fingerprint density at radius 3 is 2.23 bits per heavy atom. The SMILES string of the molecule is CC(=O)SCC(=O)c1cccc(SN)c1.Cc1ccccc1. The third-order valence-corrected chi connectivity index (χ3v) is 3.98. The Bertz CT molecular complexity index is 615. The lowest BCUT2D eigenvalue weighted by Crippen LogP contribution is -2.04. The van der Waals surface area contributed by atoms with E-state index in [1.807, 2.05) is 24.3 Å². The fraction of sp³-hybridized carbons (Fsp3) is 0.176. The zero-order valence-corrected chi connectivity index (χ0v) is 14.2. The van der Waals surface area contributed by atoms with Gasteiger partial charge in [0.25, 0.3) is 0 Å². The summed E-state index contributed by atoms with van der Waals surface area (Å²) < 4.78 is 0. The van der Waals surface area contributed by atoms with Crippen LogP contribution in [0.15, 0.2) is 59.5 Å². The molecule has 22 heavy (non-hydrogen) atoms. The van der Waals surface area contributed by atoms with Crippen LogP contribution < -0.4 is 5.14 Å². The highest BCUT2D eigenvalue weighted by molar-refractivity contribution is 8.14. The number of hydrogen-bond donors (Lipinski definition) is 1. The van der Waals surface area contributed by atoms with Crippen molar-refractivity contribution in [2.75, 3.05) is 5.75 Å². The summed E-state index contributed by atoms with van der Waals surface area (Å²) in [6.45, 7) is 3.53. The number of hydrogen-bond acceptors (Lipinski definition) is 5. The van der Waals surface area contributed by atoms with Gasteiger partial charge in [0.15, 0.2) is 10.9 Å². The van der Waals surface area contributed by atoms with Crippen molar-refractivity contribution in [1.82, 2.24) is 0 Å². The standard InChI is InChI=1S/C10H11NO2S2.C7H8/c1-7(12)14-6-10(13)8-3-2-4-9(5-8)15-11;1-7-5-3-2-4-6-7/h2-5H,6,11H2,1H3;2-6H,1H3. The van der Waals surface area contributed by atoms with E-state index in [0.717, 1.165) is 28.6 Å². The molecule has 0 aromatic heterocycles. The van der Waals surface area contributed by atoms with Gasteiger partial charge in [-0.05, 0) is 31.0 Å². The molecule has 3 nitrogen and oxygen atoms in total. The Balaban J connectivity index is 0.000000287. The number of thioether (sulfide) groups is 1. The average Bonchev–Trinajstić information content (AvgIpc) is 2.54. The summed E-state index contributed by atoms with van der Waals surface area (Å²) in [4.78, 5) is 23.1. The van der Waals surface area contributed by atoms with E-state index in [2.05, 4.69) is 19.1 Å². The number of aryl methyl sites for hydroxylation is 1. The van der Waals surface area contributed by atoms with Crippen LogP contribution >= 0.6 is 23.7 Å². The molecule has 2 rings (SSSR count). The summed E-state index contributed by atoms with van der Waals surface area (Å²) in [5, 5.41) is 5.34. The molecule has 5 heteroatoms. The predicted octanol–water partition coefficient (Wildman–Crippen LogP) is 4.11. The van der Waals surface area contributed by atoms with Gasteiger partial charge in [-0.1, -0.05) is 59.8 Å². The molecule has 0 spiro atoms. The summed E-state index contributed by atoms with van der Waals surface area (Å²) in [5.74, 6) is 0.139. The molecule has 0 bridgehead atoms. The van der Waals surface area contributed by atoms with Crippen LogP contribution in [0.1, 0.15) is 22.8 Å². The Morgan fingerprint density at radius 1 is 1.05 bits per heavy atom. The lowest BCUT2D eigenvalue weighted by Gasteiger charge is -2.01. The van der Waals surface area contributed by atoms with Gasteiger partial charge >= 0.3 is 0 Å². The Morgan fingerprint density at radius 2 is 1.73 bits per heavy atom. The van der Waals surface area contributed by atoms with E-state index in [0.29, 0.717) is 5.56 Å². The molecule has 0 saturated carbocycles. The minimum Gasteiger partial charge on any atom is -0.293 e. The van der Waals surface area contributed by atoms with Gasteiger partial charge in [-0.25, -0.2) is 0 Å². The molecule has 2 N–H and O–H groups in total. The zero-order chi connectivity index (χ0) is 16.4. The Kier molecular flexibility index (Phi) is 8.58. The third kappa shape index (κ3) is 7.45. The third-order valence-electron chi connectivity index (χ3n) is 2.64. The molecule has 0 saturated heterocycles. The second kappa shape index (κ2) is 10.2. The van der Waals surface area contributed by atoms with Crippen molar-refractivity contribution in [3.05, 3.63) is 65.7 Å². The minimum atomic E-state index is -0.0499. The smallest absolute Gasteiger partial charge is 0.186 e. The molecule has 0 aliphatic heterocycles. The monoisotopic (exact) mass is 333 g/mol. The maximum absolute atomic E-state index is 11.6. The molecule has 0 heterocycles. The molecule has 0 atom stereocenters. The summed E-state index contributed by atoms with van der Waals surface area (Å²) in [6.07, 6.45) is 0. The lowest BCUT2D eigenvalue weighted by atomic mass is 10.1. The molecule has 0 amide bonds. The van der Waals surface area contributed by atoms with Crippen LogP contribution in [0.25, 0.3) is 0 Å². The van der Waals surface area contributed by atoms with E-state index >= 15 is 0 Å². The highest BCUT2D eigenvalue weighted by Gasteiger charge is 2.07. The van der Waals surface area contributed by atoms with Crippen LogP contribution in [0.4, 0.5) is 0 Å². The molecule has 116 valence electrons. The van der Waals surface area contributed by atoms with Gasteiger partial charge in [-0.2, -0.15) is 0 Å². The van der Waals surface area contributed by atoms with Gasteiger partial charge in [0.1, 0.15) is 0 Å². The van der Waals surface area contributed by atoms with E-state index in [9.17, 15) is 9.59 Å². The first-order valence-corrected chi connectivity index (χ1v) is 8.54. The second-order valence-electron chi connectivity index (χ2n) is 4.50. The van der Waals surface area contributed by atoms with E-state index in [1.165, 1.54) is 12.5 Å². The number of carbonyl (C=O) groups is 2. The predicted molar refractivity (Wildman–Crippen MR) is 95.1 cm³/mol. The maximum Gasteiger partial charge on any atom is 0.186 e. The van der Waals surface area contributed by atoms with E-state index < -0.39 is 0 Å². The van der Waals surface area contributed by atoms with Gasteiger partial charge in [-0.15, -0.1) is 0 Å². The Labute approximate surface area is 139 Å². The number of rotatable bonds is 4. The summed E-state index contributed by atoms with van der Waals surface area (Å²) in [7, 11) is 0. The fourth-order valence-electron chi connectivity index (χ4n) is 1.53. The summed E-state index contributed by atoms with van der Waals surface area (Å²) in [6, 6.07) is 17.3. The van der Waals surface area contributed by atoms with Gasteiger partial charge in [-0.3, -0.25) is 14.7 Å². The van der Waals surface area contributed by atoms with Crippen LogP contribution in [0.2, 0.25) is 0 Å². The lowest BCUT2D eigenvalue weighted by molar-refractivity contribution is -0.109. The van der Waals surface area contributed by atoms with Gasteiger partial charge in [0.2, 0.25) is 0 Å². The van der Waals surface area contributed by atoms with Crippen molar-refractivity contribution >= 4 is 34.6 Å². The number of benzene rings is 2. The first-order chi connectivity index (χ1) is 10.5. The molecule has 2 aromatic rings. The molecule has 0 fully saturated rings. The van der Waals surface area contributed by atoms with Gasteiger partial charge in [0.05, 0.1) is 5.75 Å². The number of carbonyl (C=O) groups excluding carboxylic acids is 2. The highest BCUT2D eigenvalue weighted by Crippen LogP contribution is 2.15. The molecule has 0 aliphatic carbocycles. The van der Waals surface area contributed by atoms with Crippen LogP contribution in [0.3, 0.4) is 0 Å². The highest BCUT2D eigenvalue weighted by atomic mass is 32.2. The first kappa shape index (κ1) is 18.5. The van der Waals surface area contributed by atoms with Crippen molar-refractivity contribution in [2.45, 2.75) is 18.7 Å². The number of ketones is 1. The largest absolute Gasteiger partial charge is 0.293 e. The second-order valence-corrected chi connectivity index (χ2v) is 6.36. The normalized spacial score (nSPS) is 9.59. The molecule has 0 radical (unpaired) electrons. The van der Waals surface area contributed by atoms with E-state index in [-0.39, 0.29) is 16.7 Å². The van der Waals surface area contributed by atoms with Crippen molar-refractivity contribution in [3.8, 4) is 0 Å². The van der Waals surface area contributed by atoms with Crippen LogP contribution in [0.5, 0.6) is 0 Å². The average molecular weight is 333 g/mol. The van der Waals surface area contributed by atoms with Crippen molar-refractivity contribution in [2.24, 2.45) is 5.14 Å². The maximum atomic E-state index is 11.6. The molecule has 0 unspecified atom stereocenters. The summed E-state index contributed by atoms with van der Waals surface area (Å²) in [5.41, 5.74) is 1.92. The molecule has 2 aromatic carbocycles. The quantitative estimate of drug-likeness (QED) is 0.674. The number of Topliss-reactive ketones (excluding diaryl/α,β-unsaturated/α-hetero) is 1. The topological polar surface area (TPSA) is 60.2 Å². The minimum absolute atomic E-state index is 0.0484. The van der Waals surface area contributed by atoms with Gasteiger partial charge in [0, 0.05) is 17.4 Å². The van der Waals surface area contributed by atoms with E-state index in [4.69, 9.17) is 5.14 Å². The molecular formula is C17H19NO2S2. The van der Waals surface area contributed by atoms with Crippen LogP contribution in [0, 0.1) is 6.92 Å².